The van der Waals surface area contributed by atoms with E-state index in [4.69, 9.17) is 0 Å². The highest BCUT2D eigenvalue weighted by Gasteiger charge is 2.49. The van der Waals surface area contributed by atoms with Crippen molar-refractivity contribution in [3.63, 3.8) is 0 Å². The van der Waals surface area contributed by atoms with Crippen LogP contribution in [0.3, 0.4) is 0 Å². The van der Waals surface area contributed by atoms with Gasteiger partial charge in [0.05, 0.1) is 0 Å². The molecule has 0 nitrogen and oxygen atoms in total. The van der Waals surface area contributed by atoms with E-state index in [0.29, 0.717) is 0 Å². The Morgan fingerprint density at radius 2 is 0.718 bits per heavy atom. The van der Waals surface area contributed by atoms with Crippen LogP contribution in [-0.2, 0) is 12.8 Å². The molecule has 0 fully saturated rings. The maximum absolute atomic E-state index is 2.56. The van der Waals surface area contributed by atoms with Crippen LogP contribution in [0.1, 0.15) is 22.3 Å². The van der Waals surface area contributed by atoms with E-state index in [2.05, 4.69) is 133 Å². The first-order valence-electron chi connectivity index (χ1n) is 13.9. The molecule has 39 heavy (non-hydrogen) atoms. The van der Waals surface area contributed by atoms with Crippen molar-refractivity contribution >= 4 is 28.8 Å². The van der Waals surface area contributed by atoms with Gasteiger partial charge in [-0.15, -0.1) is 0 Å². The van der Waals surface area contributed by atoms with Gasteiger partial charge in [-0.25, -0.2) is 0 Å². The van der Waals surface area contributed by atoms with Gasteiger partial charge in [0.15, 0.2) is 8.07 Å². The van der Waals surface area contributed by atoms with E-state index in [9.17, 15) is 0 Å². The SMILES string of the molecule is c1ccc2c(c1)Cc1ccc([Si]3(c4ccc5c(c4)-c4ccccc4C5)c4ccccc4-c4ccccc43)cc1-2. The van der Waals surface area contributed by atoms with E-state index in [-0.39, 0.29) is 0 Å². The molecule has 1 aliphatic heterocycles. The predicted molar refractivity (Wildman–Crippen MR) is 166 cm³/mol. The molecule has 0 aromatic heterocycles. The van der Waals surface area contributed by atoms with E-state index in [1.807, 2.05) is 0 Å². The number of benzene rings is 6. The lowest BCUT2D eigenvalue weighted by Crippen LogP contribution is -2.72. The quantitative estimate of drug-likeness (QED) is 0.243. The summed E-state index contributed by atoms with van der Waals surface area (Å²) in [6.45, 7) is 0. The summed E-state index contributed by atoms with van der Waals surface area (Å²) in [7, 11) is -2.55. The Bertz CT molecular complexity index is 1830. The smallest absolute Gasteiger partial charge is 0.0623 e. The van der Waals surface area contributed by atoms with Crippen molar-refractivity contribution < 1.29 is 0 Å². The van der Waals surface area contributed by atoms with Crippen LogP contribution in [0.5, 0.6) is 0 Å². The van der Waals surface area contributed by atoms with E-state index in [1.54, 1.807) is 0 Å². The molecule has 0 spiro atoms. The molecule has 0 atom stereocenters. The van der Waals surface area contributed by atoms with Gasteiger partial charge in [-0.3, -0.25) is 0 Å². The van der Waals surface area contributed by atoms with Crippen LogP contribution in [0.15, 0.2) is 133 Å². The Hall–Kier alpha value is -4.46. The van der Waals surface area contributed by atoms with Gasteiger partial charge in [-0.1, -0.05) is 133 Å². The fourth-order valence-electron chi connectivity index (χ4n) is 7.74. The van der Waals surface area contributed by atoms with Gasteiger partial charge in [0.2, 0.25) is 0 Å². The molecule has 0 unspecified atom stereocenters. The standard InChI is InChI=1S/C38H26Si/c1-3-11-31-25(9-1)21-27-17-19-29(23-35(27)31)39(37-15-7-5-13-33(37)34-14-6-8-16-38(34)39)30-20-18-28-22-26-10-2-4-12-32(26)36(28)24-30/h1-20,23-24H,21-22H2. The first kappa shape index (κ1) is 21.5. The summed E-state index contributed by atoms with van der Waals surface area (Å²) in [6, 6.07) is 51.3. The molecule has 3 aliphatic rings. The van der Waals surface area contributed by atoms with Crippen molar-refractivity contribution in [2.45, 2.75) is 12.8 Å². The van der Waals surface area contributed by atoms with E-state index in [0.717, 1.165) is 12.8 Å². The summed E-state index contributed by atoms with van der Waals surface area (Å²) in [5, 5.41) is 6.01. The Morgan fingerprint density at radius 3 is 1.21 bits per heavy atom. The monoisotopic (exact) mass is 510 g/mol. The van der Waals surface area contributed by atoms with Crippen molar-refractivity contribution in [1.29, 1.82) is 0 Å². The normalized spacial score (nSPS) is 14.7. The molecule has 0 saturated carbocycles. The minimum absolute atomic E-state index is 1.03. The summed E-state index contributed by atoms with van der Waals surface area (Å²) in [6.07, 6.45) is 2.06. The average molecular weight is 511 g/mol. The summed E-state index contributed by atoms with van der Waals surface area (Å²) in [4.78, 5) is 0. The first-order valence-corrected chi connectivity index (χ1v) is 15.9. The zero-order valence-electron chi connectivity index (χ0n) is 21.6. The van der Waals surface area contributed by atoms with Gasteiger partial charge in [-0.2, -0.15) is 0 Å². The van der Waals surface area contributed by atoms with Gasteiger partial charge in [0.25, 0.3) is 0 Å². The molecule has 2 aliphatic carbocycles. The highest BCUT2D eigenvalue weighted by Crippen LogP contribution is 2.39. The third kappa shape index (κ3) is 2.78. The molecule has 182 valence electrons. The lowest BCUT2D eigenvalue weighted by Gasteiger charge is -2.32. The van der Waals surface area contributed by atoms with Gasteiger partial charge in [-0.05, 0) is 89.2 Å². The lowest BCUT2D eigenvalue weighted by atomic mass is 10.1. The third-order valence-electron chi connectivity index (χ3n) is 9.41. The molecule has 9 rings (SSSR count). The second-order valence-electron chi connectivity index (χ2n) is 11.3. The molecule has 0 amide bonds. The summed E-state index contributed by atoms with van der Waals surface area (Å²) in [5.41, 5.74) is 14.2. The number of hydrogen-bond acceptors (Lipinski definition) is 0. The largest absolute Gasteiger partial charge is 0.180 e. The molecule has 6 aromatic rings. The van der Waals surface area contributed by atoms with Gasteiger partial charge >= 0.3 is 0 Å². The van der Waals surface area contributed by atoms with Crippen LogP contribution in [0.25, 0.3) is 33.4 Å². The highest BCUT2D eigenvalue weighted by atomic mass is 28.3. The van der Waals surface area contributed by atoms with E-state index < -0.39 is 8.07 Å². The second-order valence-corrected chi connectivity index (χ2v) is 15.0. The van der Waals surface area contributed by atoms with Crippen molar-refractivity contribution in [2.24, 2.45) is 0 Å². The zero-order valence-corrected chi connectivity index (χ0v) is 22.6. The maximum atomic E-state index is 2.56. The van der Waals surface area contributed by atoms with Crippen molar-refractivity contribution in [3.8, 4) is 33.4 Å². The Morgan fingerprint density at radius 1 is 0.333 bits per heavy atom. The van der Waals surface area contributed by atoms with Crippen molar-refractivity contribution in [3.05, 3.63) is 156 Å². The third-order valence-corrected chi connectivity index (χ3v) is 14.3. The lowest BCUT2D eigenvalue weighted by molar-refractivity contribution is 1.26. The first-order chi connectivity index (χ1) is 19.3. The van der Waals surface area contributed by atoms with E-state index in [1.165, 1.54) is 76.4 Å². The predicted octanol–water partition coefficient (Wildman–Crippen LogP) is 6.19. The van der Waals surface area contributed by atoms with Crippen LogP contribution >= 0.6 is 0 Å². The van der Waals surface area contributed by atoms with Gasteiger partial charge in [0.1, 0.15) is 0 Å². The molecular formula is C38H26Si. The van der Waals surface area contributed by atoms with Crippen LogP contribution < -0.4 is 20.7 Å². The topological polar surface area (TPSA) is 0 Å². The summed E-state index contributed by atoms with van der Waals surface area (Å²) < 4.78 is 0. The summed E-state index contributed by atoms with van der Waals surface area (Å²) >= 11 is 0. The highest BCUT2D eigenvalue weighted by molar-refractivity contribution is 7.22. The van der Waals surface area contributed by atoms with Gasteiger partial charge in [0, 0.05) is 0 Å². The molecule has 1 heteroatoms. The molecule has 0 saturated heterocycles. The van der Waals surface area contributed by atoms with Gasteiger partial charge < -0.3 is 0 Å². The fraction of sp³-hybridized carbons (Fsp3) is 0.0526. The maximum Gasteiger partial charge on any atom is 0.180 e. The number of rotatable bonds is 2. The molecule has 0 radical (unpaired) electrons. The van der Waals surface area contributed by atoms with Crippen LogP contribution in [0.4, 0.5) is 0 Å². The average Bonchev–Trinajstić information content (AvgIpc) is 3.65. The van der Waals surface area contributed by atoms with Crippen LogP contribution in [-0.4, -0.2) is 8.07 Å². The second kappa shape index (κ2) is 7.78. The molecule has 6 aromatic carbocycles. The Labute approximate surface area is 230 Å². The number of hydrogen-bond donors (Lipinski definition) is 0. The Kier molecular flexibility index (Phi) is 4.28. The fourth-order valence-corrected chi connectivity index (χ4v) is 12.9. The molecule has 0 N–H and O–H groups in total. The van der Waals surface area contributed by atoms with Crippen LogP contribution in [0, 0.1) is 0 Å². The zero-order chi connectivity index (χ0) is 25.6. The minimum atomic E-state index is -2.55. The molecule has 1 heterocycles. The molecular weight excluding hydrogens is 485 g/mol. The number of fused-ring (bicyclic) bond motifs is 9. The summed E-state index contributed by atoms with van der Waals surface area (Å²) in [5.74, 6) is 0. The minimum Gasteiger partial charge on any atom is -0.0623 e. The van der Waals surface area contributed by atoms with E-state index >= 15 is 0 Å². The van der Waals surface area contributed by atoms with Crippen molar-refractivity contribution in [2.75, 3.05) is 0 Å². The van der Waals surface area contributed by atoms with Crippen LogP contribution in [0.2, 0.25) is 0 Å². The molecule has 0 bridgehead atoms. The Balaban J connectivity index is 1.38. The van der Waals surface area contributed by atoms with Crippen molar-refractivity contribution in [1.82, 2.24) is 0 Å².